The summed E-state index contributed by atoms with van der Waals surface area (Å²) in [7, 11) is 1.55. The Bertz CT molecular complexity index is 1480. The van der Waals surface area contributed by atoms with Gasteiger partial charge in [-0.1, -0.05) is 29.3 Å². The van der Waals surface area contributed by atoms with Gasteiger partial charge in [-0.3, -0.25) is 9.78 Å². The molecule has 1 amide bonds. The average Bonchev–Trinajstić information content (AvgIpc) is 3.50. The third-order valence-corrected chi connectivity index (χ3v) is 7.05. The molecule has 0 saturated carbocycles. The number of aromatic nitrogens is 1. The minimum atomic E-state index is -0.377. The number of amides is 1. The highest BCUT2D eigenvalue weighted by Gasteiger charge is 2.42. The van der Waals surface area contributed by atoms with Gasteiger partial charge in [-0.25, -0.2) is 0 Å². The Morgan fingerprint density at radius 3 is 2.65 bits per heavy atom. The predicted octanol–water partition coefficient (Wildman–Crippen LogP) is 6.79. The lowest BCUT2D eigenvalue weighted by Gasteiger charge is -2.27. The van der Waals surface area contributed by atoms with Crippen LogP contribution in [-0.2, 0) is 4.79 Å². The maximum Gasteiger partial charge on any atom is 0.221 e. The van der Waals surface area contributed by atoms with Crippen LogP contribution in [0.2, 0.25) is 10.0 Å². The second-order valence-corrected chi connectivity index (χ2v) is 9.59. The van der Waals surface area contributed by atoms with Crippen LogP contribution in [0.4, 0.5) is 11.4 Å². The van der Waals surface area contributed by atoms with Crippen LogP contribution in [0, 0.1) is 0 Å². The van der Waals surface area contributed by atoms with Gasteiger partial charge in [0.25, 0.3) is 0 Å². The Labute approximate surface area is 229 Å². The molecule has 1 aliphatic rings. The molecule has 1 saturated heterocycles. The fourth-order valence-electron chi connectivity index (χ4n) is 4.37. The van der Waals surface area contributed by atoms with Crippen LogP contribution in [0.1, 0.15) is 30.5 Å². The number of rotatable bonds is 6. The molecule has 2 N–H and O–H groups in total. The first-order valence-corrected chi connectivity index (χ1v) is 12.5. The number of methoxy groups -OCH3 is 1. The van der Waals surface area contributed by atoms with Crippen LogP contribution in [0.15, 0.2) is 77.3 Å². The highest BCUT2D eigenvalue weighted by Crippen LogP contribution is 2.44. The molecule has 2 unspecified atom stereocenters. The number of halogens is 2. The van der Waals surface area contributed by atoms with Crippen molar-refractivity contribution < 1.29 is 13.9 Å². The normalized spacial score (nSPS) is 17.0. The highest BCUT2D eigenvalue weighted by molar-refractivity contribution is 7.80. The number of carbonyl (C=O) groups excluding carboxylic acids is 1. The first kappa shape index (κ1) is 25.1. The van der Waals surface area contributed by atoms with Crippen LogP contribution in [0.25, 0.3) is 11.3 Å². The van der Waals surface area contributed by atoms with Gasteiger partial charge in [-0.15, -0.1) is 0 Å². The number of pyridine rings is 1. The van der Waals surface area contributed by atoms with E-state index in [0.717, 1.165) is 16.9 Å². The van der Waals surface area contributed by atoms with Crippen molar-refractivity contribution in [3.05, 3.63) is 94.4 Å². The zero-order valence-electron chi connectivity index (χ0n) is 19.9. The van der Waals surface area contributed by atoms with E-state index in [9.17, 15) is 4.79 Å². The molecule has 0 spiro atoms. The zero-order valence-corrected chi connectivity index (χ0v) is 22.2. The van der Waals surface area contributed by atoms with E-state index in [1.807, 2.05) is 53.4 Å². The number of furan rings is 1. The van der Waals surface area contributed by atoms with Crippen LogP contribution >= 0.6 is 35.4 Å². The number of carbonyl (C=O) groups is 1. The lowest BCUT2D eigenvalue weighted by atomic mass is 10.0. The number of thiocarbonyl (C=S) groups is 1. The Balaban J connectivity index is 1.60. The minimum Gasteiger partial charge on any atom is -0.495 e. The Hall–Kier alpha value is -3.59. The summed E-state index contributed by atoms with van der Waals surface area (Å²) in [6.07, 6.45) is 1.74. The smallest absolute Gasteiger partial charge is 0.221 e. The van der Waals surface area contributed by atoms with Crippen molar-refractivity contribution in [1.82, 2.24) is 10.3 Å². The van der Waals surface area contributed by atoms with E-state index in [-0.39, 0.29) is 18.0 Å². The van der Waals surface area contributed by atoms with Crippen molar-refractivity contribution in [3.8, 4) is 17.1 Å². The summed E-state index contributed by atoms with van der Waals surface area (Å²) in [5, 5.41) is 7.63. The van der Waals surface area contributed by atoms with Crippen LogP contribution in [-0.4, -0.2) is 23.1 Å². The molecule has 0 aliphatic carbocycles. The topological polar surface area (TPSA) is 79.6 Å². The van der Waals surface area contributed by atoms with E-state index in [1.54, 1.807) is 31.5 Å². The monoisotopic (exact) mass is 552 g/mol. The lowest BCUT2D eigenvalue weighted by Crippen LogP contribution is -2.29. The van der Waals surface area contributed by atoms with Gasteiger partial charge in [-0.2, -0.15) is 0 Å². The van der Waals surface area contributed by atoms with Crippen molar-refractivity contribution in [2.45, 2.75) is 19.0 Å². The molecule has 2 aromatic carbocycles. The van der Waals surface area contributed by atoms with Gasteiger partial charge in [0, 0.05) is 24.4 Å². The summed E-state index contributed by atoms with van der Waals surface area (Å²) >= 11 is 18.1. The predicted molar refractivity (Wildman–Crippen MR) is 149 cm³/mol. The molecule has 1 fully saturated rings. The van der Waals surface area contributed by atoms with E-state index in [4.69, 9.17) is 44.6 Å². The molecule has 0 bridgehead atoms. The molecule has 3 heterocycles. The molecule has 188 valence electrons. The quantitative estimate of drug-likeness (QED) is 0.255. The molecule has 4 aromatic rings. The maximum absolute atomic E-state index is 11.8. The van der Waals surface area contributed by atoms with E-state index in [2.05, 4.69) is 15.6 Å². The van der Waals surface area contributed by atoms with Gasteiger partial charge in [0.1, 0.15) is 23.3 Å². The number of anilines is 2. The number of nitrogens with zero attached hydrogens (tertiary/aromatic N) is 2. The standard InChI is InChI=1S/C27H22Cl2N4O3S/c1-15(34)31-21-14-17(7-9-23(21)35-2)33-26(25(32-27(33)37)20-5-3-4-12-30-20)24-11-10-22(36-24)16-6-8-18(28)19(29)13-16/h3-14,25-26H,1-2H3,(H,31,34)(H,32,37). The van der Waals surface area contributed by atoms with E-state index >= 15 is 0 Å². The number of nitrogens with one attached hydrogen (secondary N) is 2. The third-order valence-electron chi connectivity index (χ3n) is 5.99. The summed E-state index contributed by atoms with van der Waals surface area (Å²) in [6.45, 7) is 1.45. The number of hydrogen-bond donors (Lipinski definition) is 2. The zero-order chi connectivity index (χ0) is 26.1. The van der Waals surface area contributed by atoms with Gasteiger partial charge >= 0.3 is 0 Å². The van der Waals surface area contributed by atoms with Crippen molar-refractivity contribution in [2.75, 3.05) is 17.3 Å². The molecule has 5 rings (SSSR count). The second-order valence-electron chi connectivity index (χ2n) is 8.39. The number of benzene rings is 2. The van der Waals surface area contributed by atoms with Gasteiger partial charge in [0.15, 0.2) is 5.11 Å². The molecule has 10 heteroatoms. The van der Waals surface area contributed by atoms with Crippen molar-refractivity contribution in [1.29, 1.82) is 0 Å². The summed E-state index contributed by atoms with van der Waals surface area (Å²) in [4.78, 5) is 18.3. The van der Waals surface area contributed by atoms with E-state index < -0.39 is 0 Å². The fraction of sp³-hybridized carbons (Fsp3) is 0.148. The Kier molecular flexibility index (Phi) is 7.06. The summed E-state index contributed by atoms with van der Waals surface area (Å²) in [5.74, 6) is 1.63. The Morgan fingerprint density at radius 1 is 1.11 bits per heavy atom. The molecule has 0 radical (unpaired) electrons. The van der Waals surface area contributed by atoms with Gasteiger partial charge in [0.05, 0.1) is 34.6 Å². The fourth-order valence-corrected chi connectivity index (χ4v) is 5.02. The maximum atomic E-state index is 11.8. The third kappa shape index (κ3) is 5.00. The van der Waals surface area contributed by atoms with Crippen LogP contribution in [0.5, 0.6) is 5.75 Å². The van der Waals surface area contributed by atoms with Crippen molar-refractivity contribution >= 4 is 57.8 Å². The van der Waals surface area contributed by atoms with Gasteiger partial charge in [-0.05, 0) is 72.9 Å². The molecule has 1 aliphatic heterocycles. The summed E-state index contributed by atoms with van der Waals surface area (Å²) in [5.41, 5.74) is 2.89. The molecular weight excluding hydrogens is 531 g/mol. The number of hydrogen-bond acceptors (Lipinski definition) is 5. The molecule has 37 heavy (non-hydrogen) atoms. The minimum absolute atomic E-state index is 0.210. The lowest BCUT2D eigenvalue weighted by molar-refractivity contribution is -0.114. The van der Waals surface area contributed by atoms with Gasteiger partial charge < -0.3 is 24.7 Å². The Morgan fingerprint density at radius 2 is 1.95 bits per heavy atom. The summed E-state index contributed by atoms with van der Waals surface area (Å²) in [6, 6.07) is 19.7. The SMILES string of the molecule is COc1ccc(N2C(=S)NC(c3ccccn3)C2c2ccc(-c3ccc(Cl)c(Cl)c3)o2)cc1NC(C)=O. The largest absolute Gasteiger partial charge is 0.495 e. The first-order valence-electron chi connectivity index (χ1n) is 11.4. The second kappa shape index (κ2) is 10.4. The highest BCUT2D eigenvalue weighted by atomic mass is 35.5. The molecular formula is C27H22Cl2N4O3S. The van der Waals surface area contributed by atoms with E-state index in [0.29, 0.717) is 38.1 Å². The average molecular weight is 553 g/mol. The van der Waals surface area contributed by atoms with Gasteiger partial charge in [0.2, 0.25) is 5.91 Å². The number of ether oxygens (including phenoxy) is 1. The van der Waals surface area contributed by atoms with Crippen molar-refractivity contribution in [2.24, 2.45) is 0 Å². The van der Waals surface area contributed by atoms with Crippen LogP contribution in [0.3, 0.4) is 0 Å². The molecule has 2 atom stereocenters. The van der Waals surface area contributed by atoms with Crippen molar-refractivity contribution in [3.63, 3.8) is 0 Å². The molecule has 2 aromatic heterocycles. The summed E-state index contributed by atoms with van der Waals surface area (Å²) < 4.78 is 11.8. The van der Waals surface area contributed by atoms with E-state index in [1.165, 1.54) is 6.92 Å². The molecule has 7 nitrogen and oxygen atoms in total. The first-order chi connectivity index (χ1) is 17.9. The van der Waals surface area contributed by atoms with Crippen LogP contribution < -0.4 is 20.3 Å².